The summed E-state index contributed by atoms with van der Waals surface area (Å²) in [6.45, 7) is 2.05. The van der Waals surface area contributed by atoms with Gasteiger partial charge in [0, 0.05) is 12.8 Å². The summed E-state index contributed by atoms with van der Waals surface area (Å²) >= 11 is 0. The lowest BCUT2D eigenvalue weighted by Gasteiger charge is -2.00. The maximum absolute atomic E-state index is 11.1. The molecule has 0 N–H and O–H groups in total. The number of unbranched alkanes of at least 4 members (excludes halogenated alkanes) is 4. The molecule has 0 spiro atoms. The van der Waals surface area contributed by atoms with E-state index >= 15 is 0 Å². The van der Waals surface area contributed by atoms with Crippen LogP contribution in [0.2, 0.25) is 0 Å². The van der Waals surface area contributed by atoms with Crippen LogP contribution in [0.4, 0.5) is 0 Å². The molecule has 0 saturated carbocycles. The van der Waals surface area contributed by atoms with Crippen LogP contribution in [0.15, 0.2) is 47.9 Å². The van der Waals surface area contributed by atoms with Crippen LogP contribution in [0, 0.1) is 20.2 Å². The van der Waals surface area contributed by atoms with Crippen molar-refractivity contribution in [2.24, 2.45) is 0 Å². The van der Waals surface area contributed by atoms with Crippen LogP contribution >= 0.6 is 0 Å². The summed E-state index contributed by atoms with van der Waals surface area (Å²) in [7, 11) is 0. The van der Waals surface area contributed by atoms with E-state index in [4.69, 9.17) is 0 Å². The molecule has 0 aromatic carbocycles. The zero-order valence-electron chi connectivity index (χ0n) is 16.0. The summed E-state index contributed by atoms with van der Waals surface area (Å²) < 4.78 is 0. The molecule has 7 heteroatoms. The number of nitrogens with zero attached hydrogens (tertiary/aromatic N) is 2. The van der Waals surface area contributed by atoms with Gasteiger partial charge in [-0.15, -0.1) is 0 Å². The van der Waals surface area contributed by atoms with E-state index in [1.165, 1.54) is 12.2 Å². The quantitative estimate of drug-likeness (QED) is 0.115. The third-order valence-corrected chi connectivity index (χ3v) is 3.85. The molecule has 7 nitrogen and oxygen atoms in total. The lowest BCUT2D eigenvalue weighted by molar-refractivity contribution is -0.432. The Morgan fingerprint density at radius 1 is 0.815 bits per heavy atom. The molecule has 0 rings (SSSR count). The van der Waals surface area contributed by atoms with Crippen molar-refractivity contribution in [3.8, 4) is 0 Å². The summed E-state index contributed by atoms with van der Waals surface area (Å²) in [5.41, 5.74) is -0.0209. The zero-order chi connectivity index (χ0) is 20.3. The Balaban J connectivity index is 4.57. The van der Waals surface area contributed by atoms with Gasteiger partial charge >= 0.3 is 0 Å². The van der Waals surface area contributed by atoms with Gasteiger partial charge in [0.2, 0.25) is 11.4 Å². The van der Waals surface area contributed by atoms with E-state index in [-0.39, 0.29) is 24.2 Å². The number of hydrogen-bond acceptors (Lipinski definition) is 5. The van der Waals surface area contributed by atoms with E-state index in [0.29, 0.717) is 19.3 Å². The molecule has 0 aliphatic rings. The van der Waals surface area contributed by atoms with E-state index in [1.54, 1.807) is 0 Å². The molecule has 27 heavy (non-hydrogen) atoms. The second-order valence-electron chi connectivity index (χ2n) is 6.05. The molecule has 0 aliphatic carbocycles. The van der Waals surface area contributed by atoms with Crippen molar-refractivity contribution in [3.05, 3.63) is 68.1 Å². The van der Waals surface area contributed by atoms with Crippen LogP contribution in [0.3, 0.4) is 0 Å². The molecule has 0 aromatic rings. The maximum Gasteiger partial charge on any atom is 0.246 e. The Labute approximate surface area is 160 Å². The summed E-state index contributed by atoms with van der Waals surface area (Å²) in [6.07, 6.45) is 17.6. The predicted octanol–water partition coefficient (Wildman–Crippen LogP) is 5.54. The molecule has 0 amide bonds. The van der Waals surface area contributed by atoms with Crippen LogP contribution in [0.25, 0.3) is 0 Å². The maximum atomic E-state index is 11.1. The fraction of sp³-hybridized carbons (Fsp3) is 0.550. The van der Waals surface area contributed by atoms with Gasteiger partial charge in [-0.05, 0) is 44.3 Å². The predicted molar refractivity (Wildman–Crippen MR) is 106 cm³/mol. The molecule has 0 radical (unpaired) electrons. The Bertz CT molecular complexity index is 577. The monoisotopic (exact) mass is 378 g/mol. The number of hydrogen-bond donors (Lipinski definition) is 0. The first-order chi connectivity index (χ1) is 13.0. The third-order valence-electron chi connectivity index (χ3n) is 3.85. The highest BCUT2D eigenvalue weighted by Gasteiger charge is 2.14. The average Bonchev–Trinajstić information content (AvgIpc) is 2.63. The Morgan fingerprint density at radius 3 is 2.07 bits per heavy atom. The van der Waals surface area contributed by atoms with Crippen molar-refractivity contribution in [2.45, 2.75) is 71.1 Å². The van der Waals surface area contributed by atoms with E-state index < -0.39 is 9.85 Å². The van der Waals surface area contributed by atoms with Crippen molar-refractivity contribution < 1.29 is 14.6 Å². The molecule has 150 valence electrons. The number of aldehydes is 1. The van der Waals surface area contributed by atoms with Gasteiger partial charge in [0.15, 0.2) is 0 Å². The molecule has 0 heterocycles. The van der Waals surface area contributed by atoms with Crippen LogP contribution in [0.1, 0.15) is 71.1 Å². The van der Waals surface area contributed by atoms with Crippen molar-refractivity contribution in [2.75, 3.05) is 0 Å². The van der Waals surface area contributed by atoms with Crippen LogP contribution in [-0.2, 0) is 4.79 Å². The minimum Gasteiger partial charge on any atom is -0.303 e. The summed E-state index contributed by atoms with van der Waals surface area (Å²) in [5.74, 6) is 0. The van der Waals surface area contributed by atoms with E-state index in [1.807, 2.05) is 25.2 Å². The second kappa shape index (κ2) is 16.9. The molecule has 0 bridgehead atoms. The number of rotatable bonds is 16. The Hall–Kier alpha value is -2.57. The molecular formula is C20H30N2O5. The Morgan fingerprint density at radius 2 is 1.44 bits per heavy atom. The van der Waals surface area contributed by atoms with Gasteiger partial charge < -0.3 is 4.79 Å². The van der Waals surface area contributed by atoms with E-state index in [0.717, 1.165) is 38.4 Å². The molecule has 0 fully saturated rings. The van der Waals surface area contributed by atoms with E-state index in [2.05, 4.69) is 6.08 Å². The molecule has 0 aliphatic heterocycles. The van der Waals surface area contributed by atoms with Crippen molar-refractivity contribution in [1.29, 1.82) is 0 Å². The van der Waals surface area contributed by atoms with Crippen molar-refractivity contribution in [3.63, 3.8) is 0 Å². The van der Waals surface area contributed by atoms with Gasteiger partial charge in [-0.2, -0.15) is 0 Å². The average molecular weight is 378 g/mol. The van der Waals surface area contributed by atoms with E-state index in [9.17, 15) is 25.0 Å². The molecular weight excluding hydrogens is 348 g/mol. The van der Waals surface area contributed by atoms with Crippen LogP contribution < -0.4 is 0 Å². The lowest BCUT2D eigenvalue weighted by Crippen LogP contribution is -2.02. The highest BCUT2D eigenvalue weighted by Crippen LogP contribution is 2.15. The number of carbonyl (C=O) groups is 1. The molecule has 0 atom stereocenters. The van der Waals surface area contributed by atoms with Gasteiger partial charge in [0.25, 0.3) is 0 Å². The van der Waals surface area contributed by atoms with Gasteiger partial charge in [-0.1, -0.05) is 44.1 Å². The van der Waals surface area contributed by atoms with Gasteiger partial charge in [-0.25, -0.2) is 0 Å². The minimum absolute atomic E-state index is 0.0124. The standard InChI is InChI=1S/C20H30N2O5/c1-2-3-4-5-6-8-11-14-19(21(24)25)16-17-20(22(26)27)15-12-9-7-10-13-18-23/h3-4,6,8,14,17-18H,2,5,7,9-13,15-16H2,1H3/b4-3+,8-6+,19-14-,20-17-. The third kappa shape index (κ3) is 14.3. The first-order valence-electron chi connectivity index (χ1n) is 9.43. The van der Waals surface area contributed by atoms with Gasteiger partial charge in [0.1, 0.15) is 6.29 Å². The van der Waals surface area contributed by atoms with Crippen molar-refractivity contribution >= 4 is 6.29 Å². The first-order valence-corrected chi connectivity index (χ1v) is 9.43. The highest BCUT2D eigenvalue weighted by molar-refractivity contribution is 5.48. The van der Waals surface area contributed by atoms with Crippen molar-refractivity contribution in [1.82, 2.24) is 0 Å². The smallest absolute Gasteiger partial charge is 0.246 e. The van der Waals surface area contributed by atoms with Gasteiger partial charge in [0.05, 0.1) is 16.3 Å². The van der Waals surface area contributed by atoms with Crippen LogP contribution in [0.5, 0.6) is 0 Å². The summed E-state index contributed by atoms with van der Waals surface area (Å²) in [6, 6.07) is 0. The number of carbonyl (C=O) groups excluding carboxylic acids is 1. The number of nitro groups is 2. The highest BCUT2D eigenvalue weighted by atomic mass is 16.6. The largest absolute Gasteiger partial charge is 0.303 e. The second-order valence-corrected chi connectivity index (χ2v) is 6.05. The topological polar surface area (TPSA) is 103 Å². The van der Waals surface area contributed by atoms with Crippen LogP contribution in [-0.4, -0.2) is 16.1 Å². The fourth-order valence-electron chi connectivity index (χ4n) is 2.35. The molecule has 0 saturated heterocycles. The Kier molecular flexibility index (Phi) is 15.3. The minimum atomic E-state index is -0.488. The molecule has 0 unspecified atom stereocenters. The normalized spacial score (nSPS) is 12.8. The first kappa shape index (κ1) is 24.4. The number of allylic oxidation sites excluding steroid dienone is 7. The molecule has 0 aromatic heterocycles. The fourth-order valence-corrected chi connectivity index (χ4v) is 2.35. The summed E-state index contributed by atoms with van der Waals surface area (Å²) in [4.78, 5) is 31.5. The SMILES string of the molecule is CC/C=C/C/C=C/C/C=C(/C/C=C(/CCCCCCC=O)[N+](=O)[O-])[N+](=O)[O-]. The summed E-state index contributed by atoms with van der Waals surface area (Å²) in [5, 5.41) is 22.2. The van der Waals surface area contributed by atoms with Gasteiger partial charge in [-0.3, -0.25) is 20.2 Å². The zero-order valence-corrected chi connectivity index (χ0v) is 16.0. The lowest BCUT2D eigenvalue weighted by atomic mass is 10.1.